The molecule has 0 bridgehead atoms. The van der Waals surface area contributed by atoms with Gasteiger partial charge in [0.15, 0.2) is 16.1 Å². The number of rotatable bonds is 9. The van der Waals surface area contributed by atoms with Crippen LogP contribution in [0.5, 0.6) is 0 Å². The average Bonchev–Trinajstić information content (AvgIpc) is 3.32. The minimum Gasteiger partial charge on any atom is -0.354 e. The molecule has 7 nitrogen and oxygen atoms in total. The van der Waals surface area contributed by atoms with Gasteiger partial charge in [0.25, 0.3) is 0 Å². The van der Waals surface area contributed by atoms with E-state index in [1.165, 1.54) is 11.8 Å². The molecule has 2 heterocycles. The topological polar surface area (TPSA) is 75.9 Å². The number of thioether (sulfide) groups is 1. The third kappa shape index (κ3) is 5.40. The second kappa shape index (κ2) is 10.1. The van der Waals surface area contributed by atoms with Gasteiger partial charge in [-0.15, -0.1) is 21.5 Å². The molecule has 0 aliphatic heterocycles. The summed E-state index contributed by atoms with van der Waals surface area (Å²) in [5.74, 6) is 1.26. The second-order valence-electron chi connectivity index (χ2n) is 7.49. The van der Waals surface area contributed by atoms with E-state index in [-0.39, 0.29) is 18.0 Å². The molecule has 0 spiro atoms. The van der Waals surface area contributed by atoms with Crippen LogP contribution in [0.25, 0.3) is 11.3 Å². The highest BCUT2D eigenvalue weighted by molar-refractivity contribution is 7.99. The van der Waals surface area contributed by atoms with Crippen molar-refractivity contribution in [2.75, 3.05) is 11.1 Å². The first-order valence-corrected chi connectivity index (χ1v) is 11.8. The van der Waals surface area contributed by atoms with Crippen LogP contribution in [0.3, 0.4) is 0 Å². The van der Waals surface area contributed by atoms with E-state index in [0.717, 1.165) is 27.4 Å². The van der Waals surface area contributed by atoms with Gasteiger partial charge in [-0.2, -0.15) is 0 Å². The SMILES string of the molecule is CC(C)N(C(=O)CSc1nnc(CNc2nc(-c3ccccc3)cs2)n1C)C(C)C. The minimum atomic E-state index is 0.115. The number of nitrogens with zero attached hydrogens (tertiary/aromatic N) is 5. The Kier molecular flexibility index (Phi) is 7.49. The highest BCUT2D eigenvalue weighted by Crippen LogP contribution is 2.25. The van der Waals surface area contributed by atoms with Crippen LogP contribution in [-0.2, 0) is 18.4 Å². The Balaban J connectivity index is 1.57. The molecule has 160 valence electrons. The lowest BCUT2D eigenvalue weighted by Gasteiger charge is -2.30. The molecule has 0 aliphatic rings. The molecule has 3 rings (SSSR count). The van der Waals surface area contributed by atoms with Gasteiger partial charge in [0.05, 0.1) is 18.0 Å². The van der Waals surface area contributed by atoms with Crippen molar-refractivity contribution in [3.63, 3.8) is 0 Å². The Morgan fingerprint density at radius 3 is 2.53 bits per heavy atom. The van der Waals surface area contributed by atoms with Gasteiger partial charge in [0.2, 0.25) is 5.91 Å². The molecule has 1 N–H and O–H groups in total. The molecule has 3 aromatic rings. The number of nitrogens with one attached hydrogen (secondary N) is 1. The summed E-state index contributed by atoms with van der Waals surface area (Å²) >= 11 is 2.98. The lowest BCUT2D eigenvalue weighted by atomic mass is 10.2. The molecule has 2 aromatic heterocycles. The summed E-state index contributed by atoms with van der Waals surface area (Å²) in [5, 5.41) is 15.4. The Morgan fingerprint density at radius 1 is 1.17 bits per heavy atom. The first-order chi connectivity index (χ1) is 14.4. The lowest BCUT2D eigenvalue weighted by Crippen LogP contribution is -2.43. The molecule has 9 heteroatoms. The predicted molar refractivity (Wildman–Crippen MR) is 124 cm³/mol. The predicted octanol–water partition coefficient (Wildman–Crippen LogP) is 4.29. The van der Waals surface area contributed by atoms with Crippen molar-refractivity contribution in [1.29, 1.82) is 0 Å². The van der Waals surface area contributed by atoms with Crippen molar-refractivity contribution in [3.8, 4) is 11.3 Å². The highest BCUT2D eigenvalue weighted by atomic mass is 32.2. The average molecular weight is 445 g/mol. The summed E-state index contributed by atoms with van der Waals surface area (Å²) in [6.07, 6.45) is 0. The van der Waals surface area contributed by atoms with Gasteiger partial charge in [-0.1, -0.05) is 42.1 Å². The van der Waals surface area contributed by atoms with Crippen LogP contribution in [0, 0.1) is 0 Å². The fourth-order valence-corrected chi connectivity index (χ4v) is 4.77. The largest absolute Gasteiger partial charge is 0.354 e. The molecule has 1 aromatic carbocycles. The molecule has 0 fully saturated rings. The quantitative estimate of drug-likeness (QED) is 0.496. The third-order valence-corrected chi connectivity index (χ3v) is 6.43. The fraction of sp³-hybridized carbons (Fsp3) is 0.429. The van der Waals surface area contributed by atoms with E-state index in [1.54, 1.807) is 11.3 Å². The van der Waals surface area contributed by atoms with Crippen LogP contribution in [0.15, 0.2) is 40.9 Å². The molecule has 0 aliphatic carbocycles. The fourth-order valence-electron chi connectivity index (χ4n) is 3.25. The zero-order chi connectivity index (χ0) is 21.7. The molecule has 0 saturated heterocycles. The Morgan fingerprint density at radius 2 is 1.87 bits per heavy atom. The Labute approximate surface area is 185 Å². The maximum absolute atomic E-state index is 12.6. The van der Waals surface area contributed by atoms with Crippen molar-refractivity contribution < 1.29 is 4.79 Å². The van der Waals surface area contributed by atoms with Gasteiger partial charge in [0.1, 0.15) is 0 Å². The number of amides is 1. The highest BCUT2D eigenvalue weighted by Gasteiger charge is 2.21. The van der Waals surface area contributed by atoms with Crippen LogP contribution in [0.1, 0.15) is 33.5 Å². The number of benzene rings is 1. The maximum atomic E-state index is 12.6. The standard InChI is InChI=1S/C21H28N6OS2/c1-14(2)27(15(3)4)19(28)13-30-21-25-24-18(26(21)5)11-22-20-23-17(12-29-20)16-9-7-6-8-10-16/h6-10,12,14-15H,11,13H2,1-5H3,(H,22,23). The van der Waals surface area contributed by atoms with Gasteiger partial charge in [-0.3, -0.25) is 4.79 Å². The number of anilines is 1. The van der Waals surface area contributed by atoms with E-state index in [0.29, 0.717) is 12.3 Å². The minimum absolute atomic E-state index is 0.115. The smallest absolute Gasteiger partial charge is 0.233 e. The monoisotopic (exact) mass is 444 g/mol. The molecule has 1 amide bonds. The second-order valence-corrected chi connectivity index (χ2v) is 9.29. The molecule has 0 radical (unpaired) electrons. The molecule has 0 unspecified atom stereocenters. The van der Waals surface area contributed by atoms with Crippen LogP contribution in [0.2, 0.25) is 0 Å². The number of carbonyl (C=O) groups excluding carboxylic acids is 1. The van der Waals surface area contributed by atoms with E-state index >= 15 is 0 Å². The van der Waals surface area contributed by atoms with E-state index in [2.05, 4.69) is 20.5 Å². The Hall–Kier alpha value is -2.39. The van der Waals surface area contributed by atoms with Gasteiger partial charge in [-0.05, 0) is 27.7 Å². The van der Waals surface area contributed by atoms with E-state index in [1.807, 2.05) is 79.9 Å². The summed E-state index contributed by atoms with van der Waals surface area (Å²) in [7, 11) is 1.92. The Bertz CT molecular complexity index is 959. The summed E-state index contributed by atoms with van der Waals surface area (Å²) in [6.45, 7) is 8.67. The molecule has 0 saturated carbocycles. The van der Waals surface area contributed by atoms with E-state index < -0.39 is 0 Å². The number of hydrogen-bond acceptors (Lipinski definition) is 7. The van der Waals surface area contributed by atoms with Gasteiger partial charge < -0.3 is 14.8 Å². The zero-order valence-corrected chi connectivity index (χ0v) is 19.6. The summed E-state index contributed by atoms with van der Waals surface area (Å²) in [4.78, 5) is 19.1. The third-order valence-electron chi connectivity index (χ3n) is 4.62. The number of thiazole rings is 1. The molecular weight excluding hydrogens is 416 g/mol. The van der Waals surface area contributed by atoms with Crippen molar-refractivity contribution in [3.05, 3.63) is 41.5 Å². The van der Waals surface area contributed by atoms with Gasteiger partial charge in [0, 0.05) is 30.1 Å². The zero-order valence-electron chi connectivity index (χ0n) is 18.0. The van der Waals surface area contributed by atoms with E-state index in [9.17, 15) is 4.79 Å². The number of carbonyl (C=O) groups is 1. The van der Waals surface area contributed by atoms with Crippen molar-refractivity contribution in [1.82, 2.24) is 24.6 Å². The normalized spacial score (nSPS) is 11.3. The van der Waals surface area contributed by atoms with Crippen LogP contribution < -0.4 is 5.32 Å². The molecule has 0 atom stereocenters. The molecular formula is C21H28N6OS2. The maximum Gasteiger partial charge on any atom is 0.233 e. The first kappa shape index (κ1) is 22.3. The van der Waals surface area contributed by atoms with Crippen LogP contribution in [0.4, 0.5) is 5.13 Å². The summed E-state index contributed by atoms with van der Waals surface area (Å²) in [6, 6.07) is 10.5. The van der Waals surface area contributed by atoms with Crippen LogP contribution in [-0.4, -0.2) is 48.4 Å². The van der Waals surface area contributed by atoms with Crippen molar-refractivity contribution in [2.45, 2.75) is 51.5 Å². The molecule has 30 heavy (non-hydrogen) atoms. The number of hydrogen-bond donors (Lipinski definition) is 1. The van der Waals surface area contributed by atoms with Gasteiger partial charge >= 0.3 is 0 Å². The van der Waals surface area contributed by atoms with Crippen LogP contribution >= 0.6 is 23.1 Å². The lowest BCUT2D eigenvalue weighted by molar-refractivity contribution is -0.131. The van der Waals surface area contributed by atoms with Crippen molar-refractivity contribution in [2.24, 2.45) is 7.05 Å². The van der Waals surface area contributed by atoms with Crippen molar-refractivity contribution >= 4 is 34.1 Å². The van der Waals surface area contributed by atoms with Gasteiger partial charge in [-0.25, -0.2) is 4.98 Å². The summed E-state index contributed by atoms with van der Waals surface area (Å²) in [5.41, 5.74) is 2.05. The number of aromatic nitrogens is 4. The van der Waals surface area contributed by atoms with E-state index in [4.69, 9.17) is 0 Å². The summed E-state index contributed by atoms with van der Waals surface area (Å²) < 4.78 is 1.92. The first-order valence-electron chi connectivity index (χ1n) is 9.94.